The summed E-state index contributed by atoms with van der Waals surface area (Å²) in [5.74, 6) is -1.21. The van der Waals surface area contributed by atoms with Gasteiger partial charge in [-0.05, 0) is 18.2 Å². The van der Waals surface area contributed by atoms with Crippen LogP contribution in [0, 0.1) is 17.1 Å². The molecule has 0 saturated carbocycles. The first-order valence-corrected chi connectivity index (χ1v) is 7.14. The maximum atomic E-state index is 14.2. The predicted octanol–water partition coefficient (Wildman–Crippen LogP) is 5.13. The molecule has 1 aromatic carbocycles. The summed E-state index contributed by atoms with van der Waals surface area (Å²) in [6.45, 7) is 0. The molecular weight excluding hydrogens is 359 g/mol. The lowest BCUT2D eigenvalue weighted by atomic mass is 10.1. The van der Waals surface area contributed by atoms with Crippen LogP contribution in [0.4, 0.5) is 13.2 Å². The fraction of sp³-hybridized carbons (Fsp3) is 0.0625. The summed E-state index contributed by atoms with van der Waals surface area (Å²) >= 11 is 5.76. The maximum Gasteiger partial charge on any atom is 0.283 e. The van der Waals surface area contributed by atoms with Crippen LogP contribution in [-0.2, 0) is 0 Å². The van der Waals surface area contributed by atoms with Gasteiger partial charge in [0.25, 0.3) is 6.43 Å². The molecule has 0 atom stereocenters. The molecule has 0 bridgehead atoms. The first-order chi connectivity index (χ1) is 12.0. The molecule has 126 valence electrons. The summed E-state index contributed by atoms with van der Waals surface area (Å²) in [5, 5.41) is 12.5. The smallest absolute Gasteiger partial charge is 0.283 e. The van der Waals surface area contributed by atoms with E-state index in [1.807, 2.05) is 6.07 Å². The standard InChI is InChI=1S/C16H7ClF3N3O2/c17-9-4-8(6-21)16(22-7-9)24-12-3-1-2-10(18)14(12)13-5-11(15(19)20)23-25-13/h1-5,7,15H. The molecule has 25 heavy (non-hydrogen) atoms. The van der Waals surface area contributed by atoms with Crippen LogP contribution in [0.1, 0.15) is 17.7 Å². The molecule has 0 saturated heterocycles. The number of halogens is 4. The molecule has 2 aromatic heterocycles. The van der Waals surface area contributed by atoms with Crippen molar-refractivity contribution in [3.63, 3.8) is 0 Å². The van der Waals surface area contributed by atoms with Crippen LogP contribution in [0.2, 0.25) is 5.02 Å². The Hall–Kier alpha value is -3.05. The topological polar surface area (TPSA) is 71.9 Å². The van der Waals surface area contributed by atoms with E-state index in [1.54, 1.807) is 0 Å². The second-order valence-electron chi connectivity index (χ2n) is 4.75. The molecule has 0 unspecified atom stereocenters. The minimum Gasteiger partial charge on any atom is -0.437 e. The van der Waals surface area contributed by atoms with Gasteiger partial charge in [-0.25, -0.2) is 18.2 Å². The van der Waals surface area contributed by atoms with Crippen molar-refractivity contribution in [3.05, 3.63) is 58.6 Å². The van der Waals surface area contributed by atoms with E-state index in [4.69, 9.17) is 26.1 Å². The Kier molecular flexibility index (Phi) is 4.59. The highest BCUT2D eigenvalue weighted by atomic mass is 35.5. The molecule has 5 nitrogen and oxygen atoms in total. The van der Waals surface area contributed by atoms with Crippen molar-refractivity contribution in [2.75, 3.05) is 0 Å². The third kappa shape index (κ3) is 3.41. The number of aromatic nitrogens is 2. The summed E-state index contributed by atoms with van der Waals surface area (Å²) in [4.78, 5) is 3.88. The zero-order valence-corrected chi connectivity index (χ0v) is 13.0. The molecule has 0 N–H and O–H groups in total. The van der Waals surface area contributed by atoms with Gasteiger partial charge in [-0.1, -0.05) is 22.8 Å². The largest absolute Gasteiger partial charge is 0.437 e. The Morgan fingerprint density at radius 1 is 1.28 bits per heavy atom. The Labute approximate surface area is 144 Å². The van der Waals surface area contributed by atoms with Crippen molar-refractivity contribution < 1.29 is 22.4 Å². The zero-order valence-electron chi connectivity index (χ0n) is 12.2. The number of nitriles is 1. The minimum absolute atomic E-state index is 0.0218. The average molecular weight is 366 g/mol. The van der Waals surface area contributed by atoms with Gasteiger partial charge in [-0.2, -0.15) is 5.26 Å². The third-order valence-electron chi connectivity index (χ3n) is 3.12. The van der Waals surface area contributed by atoms with Crippen molar-refractivity contribution in [2.24, 2.45) is 0 Å². The second kappa shape index (κ2) is 6.83. The molecule has 0 fully saturated rings. The Bertz CT molecular complexity index is 969. The normalized spacial score (nSPS) is 10.7. The van der Waals surface area contributed by atoms with E-state index < -0.39 is 17.9 Å². The number of pyridine rings is 1. The van der Waals surface area contributed by atoms with Crippen LogP contribution in [0.15, 0.2) is 41.1 Å². The number of nitrogens with zero attached hydrogens (tertiary/aromatic N) is 3. The number of hydrogen-bond acceptors (Lipinski definition) is 5. The molecule has 3 aromatic rings. The monoisotopic (exact) mass is 365 g/mol. The Morgan fingerprint density at radius 2 is 2.08 bits per heavy atom. The number of hydrogen-bond donors (Lipinski definition) is 0. The lowest BCUT2D eigenvalue weighted by Crippen LogP contribution is -1.95. The van der Waals surface area contributed by atoms with Gasteiger partial charge >= 0.3 is 0 Å². The van der Waals surface area contributed by atoms with E-state index in [0.29, 0.717) is 0 Å². The van der Waals surface area contributed by atoms with E-state index in [1.165, 1.54) is 24.4 Å². The first-order valence-electron chi connectivity index (χ1n) is 6.76. The Balaban J connectivity index is 2.06. The van der Waals surface area contributed by atoms with Gasteiger partial charge in [0.15, 0.2) is 5.76 Å². The summed E-state index contributed by atoms with van der Waals surface area (Å²) < 4.78 is 49.9. The highest BCUT2D eigenvalue weighted by Crippen LogP contribution is 2.37. The molecule has 0 aliphatic heterocycles. The summed E-state index contributed by atoms with van der Waals surface area (Å²) in [6.07, 6.45) is -1.61. The molecule has 0 spiro atoms. The van der Waals surface area contributed by atoms with Crippen LogP contribution in [0.25, 0.3) is 11.3 Å². The highest BCUT2D eigenvalue weighted by Gasteiger charge is 2.21. The molecule has 2 heterocycles. The molecule has 3 rings (SSSR count). The van der Waals surface area contributed by atoms with Gasteiger partial charge in [-0.15, -0.1) is 0 Å². The van der Waals surface area contributed by atoms with E-state index >= 15 is 0 Å². The molecular formula is C16H7ClF3N3O2. The van der Waals surface area contributed by atoms with Crippen LogP contribution in [0.5, 0.6) is 11.6 Å². The third-order valence-corrected chi connectivity index (χ3v) is 3.33. The average Bonchev–Trinajstić information content (AvgIpc) is 3.06. The fourth-order valence-electron chi connectivity index (χ4n) is 2.03. The summed E-state index contributed by atoms with van der Waals surface area (Å²) in [5.41, 5.74) is -0.831. The van der Waals surface area contributed by atoms with Gasteiger partial charge in [0.2, 0.25) is 5.88 Å². The lowest BCUT2D eigenvalue weighted by molar-refractivity contribution is 0.140. The van der Waals surface area contributed by atoms with E-state index in [9.17, 15) is 13.2 Å². The molecule has 0 aliphatic rings. The molecule has 9 heteroatoms. The maximum absolute atomic E-state index is 14.2. The second-order valence-corrected chi connectivity index (χ2v) is 5.19. The number of ether oxygens (including phenoxy) is 1. The van der Waals surface area contributed by atoms with E-state index in [2.05, 4.69) is 10.1 Å². The van der Waals surface area contributed by atoms with Gasteiger partial charge < -0.3 is 9.26 Å². The van der Waals surface area contributed by atoms with Crippen molar-refractivity contribution in [1.82, 2.24) is 10.1 Å². The van der Waals surface area contributed by atoms with Crippen LogP contribution in [0.3, 0.4) is 0 Å². The first kappa shape index (κ1) is 16.8. The highest BCUT2D eigenvalue weighted by molar-refractivity contribution is 6.30. The van der Waals surface area contributed by atoms with E-state index in [-0.39, 0.29) is 33.5 Å². The molecule has 0 aliphatic carbocycles. The zero-order chi connectivity index (χ0) is 18.0. The quantitative estimate of drug-likeness (QED) is 0.640. The number of alkyl halides is 2. The summed E-state index contributed by atoms with van der Waals surface area (Å²) in [7, 11) is 0. The van der Waals surface area contributed by atoms with Gasteiger partial charge in [0, 0.05) is 12.3 Å². The molecule has 0 amide bonds. The molecule has 0 radical (unpaired) electrons. The number of rotatable bonds is 4. The summed E-state index contributed by atoms with van der Waals surface area (Å²) in [6, 6.07) is 7.92. The lowest BCUT2D eigenvalue weighted by Gasteiger charge is -2.10. The van der Waals surface area contributed by atoms with Gasteiger partial charge in [0.1, 0.15) is 28.9 Å². The van der Waals surface area contributed by atoms with Crippen molar-refractivity contribution in [2.45, 2.75) is 6.43 Å². The van der Waals surface area contributed by atoms with E-state index in [0.717, 1.165) is 12.1 Å². The van der Waals surface area contributed by atoms with Crippen molar-refractivity contribution >= 4 is 11.6 Å². The Morgan fingerprint density at radius 3 is 2.76 bits per heavy atom. The van der Waals surface area contributed by atoms with Gasteiger partial charge in [-0.3, -0.25) is 0 Å². The van der Waals surface area contributed by atoms with Crippen LogP contribution < -0.4 is 4.74 Å². The minimum atomic E-state index is -2.86. The van der Waals surface area contributed by atoms with Crippen molar-refractivity contribution in [3.8, 4) is 29.0 Å². The van der Waals surface area contributed by atoms with Crippen LogP contribution in [-0.4, -0.2) is 10.1 Å². The van der Waals surface area contributed by atoms with Crippen LogP contribution >= 0.6 is 11.6 Å². The fourth-order valence-corrected chi connectivity index (χ4v) is 2.19. The predicted molar refractivity (Wildman–Crippen MR) is 80.9 cm³/mol. The SMILES string of the molecule is N#Cc1cc(Cl)cnc1Oc1cccc(F)c1-c1cc(C(F)F)no1. The van der Waals surface area contributed by atoms with Crippen molar-refractivity contribution in [1.29, 1.82) is 5.26 Å². The number of benzene rings is 1. The van der Waals surface area contributed by atoms with Gasteiger partial charge in [0.05, 0.1) is 10.6 Å².